The van der Waals surface area contributed by atoms with Gasteiger partial charge in [0.1, 0.15) is 16.2 Å². The summed E-state index contributed by atoms with van der Waals surface area (Å²) in [5.41, 5.74) is 1.44. The molecule has 2 atom stereocenters. The third-order valence-corrected chi connectivity index (χ3v) is 5.68. The van der Waals surface area contributed by atoms with Crippen molar-refractivity contribution in [2.75, 3.05) is 0 Å². The van der Waals surface area contributed by atoms with E-state index in [1.54, 1.807) is 29.4 Å². The van der Waals surface area contributed by atoms with Gasteiger partial charge in [-0.2, -0.15) is 5.26 Å². The molecule has 1 aliphatic carbocycles. The zero-order valence-electron chi connectivity index (χ0n) is 11.0. The SMILES string of the molecule is C[C@H]1CCc2c(sc3ncnc(S[C@H](C)C#N)c23)C1. The fourth-order valence-electron chi connectivity index (χ4n) is 2.53. The van der Waals surface area contributed by atoms with Gasteiger partial charge in [0.15, 0.2) is 0 Å². The molecule has 3 rings (SSSR count). The van der Waals surface area contributed by atoms with E-state index in [1.807, 2.05) is 6.92 Å². The maximum atomic E-state index is 8.98. The molecule has 2 aromatic rings. The summed E-state index contributed by atoms with van der Waals surface area (Å²) in [7, 11) is 0. The van der Waals surface area contributed by atoms with Crippen LogP contribution in [0.25, 0.3) is 10.2 Å². The zero-order chi connectivity index (χ0) is 13.4. The van der Waals surface area contributed by atoms with E-state index in [0.29, 0.717) is 0 Å². The average Bonchev–Trinajstić information content (AvgIpc) is 2.76. The summed E-state index contributed by atoms with van der Waals surface area (Å²) >= 11 is 3.35. The predicted molar refractivity (Wildman–Crippen MR) is 79.5 cm³/mol. The predicted octanol–water partition coefficient (Wildman–Crippen LogP) is 3.82. The second-order valence-electron chi connectivity index (χ2n) is 5.10. The minimum Gasteiger partial charge on any atom is -0.229 e. The molecule has 98 valence electrons. The first-order valence-electron chi connectivity index (χ1n) is 6.50. The lowest BCUT2D eigenvalue weighted by molar-refractivity contribution is 0.509. The number of nitriles is 1. The van der Waals surface area contributed by atoms with Crippen molar-refractivity contribution >= 4 is 33.3 Å². The summed E-state index contributed by atoms with van der Waals surface area (Å²) in [4.78, 5) is 11.4. The monoisotopic (exact) mass is 289 g/mol. The highest BCUT2D eigenvalue weighted by molar-refractivity contribution is 8.00. The number of rotatable bonds is 2. The summed E-state index contributed by atoms with van der Waals surface area (Å²) in [5, 5.41) is 11.1. The molecule has 0 saturated heterocycles. The highest BCUT2D eigenvalue weighted by atomic mass is 32.2. The number of aromatic nitrogens is 2. The van der Waals surface area contributed by atoms with Crippen molar-refractivity contribution in [2.45, 2.75) is 43.4 Å². The Balaban J connectivity index is 2.11. The van der Waals surface area contributed by atoms with Gasteiger partial charge in [-0.3, -0.25) is 0 Å². The van der Waals surface area contributed by atoms with Crippen molar-refractivity contribution in [3.05, 3.63) is 16.8 Å². The second-order valence-corrected chi connectivity index (χ2v) is 7.51. The molecule has 0 unspecified atom stereocenters. The Labute approximate surface area is 121 Å². The molecule has 0 fully saturated rings. The molecule has 5 heteroatoms. The zero-order valence-corrected chi connectivity index (χ0v) is 12.6. The molecule has 0 N–H and O–H groups in total. The maximum Gasteiger partial charge on any atom is 0.128 e. The standard InChI is InChI=1S/C14H15N3S2/c1-8-3-4-10-11(5-8)19-14-12(10)13(16-7-17-14)18-9(2)6-15/h7-9H,3-5H2,1-2H3/t8-,9+/m0/s1. The maximum absolute atomic E-state index is 8.98. The topological polar surface area (TPSA) is 49.6 Å². The van der Waals surface area contributed by atoms with Crippen LogP contribution in [-0.2, 0) is 12.8 Å². The van der Waals surface area contributed by atoms with E-state index in [1.165, 1.54) is 22.2 Å². The fraction of sp³-hybridized carbons (Fsp3) is 0.500. The molecule has 2 aromatic heterocycles. The van der Waals surface area contributed by atoms with Crippen LogP contribution >= 0.6 is 23.1 Å². The van der Waals surface area contributed by atoms with Gasteiger partial charge in [-0.1, -0.05) is 18.7 Å². The van der Waals surface area contributed by atoms with Gasteiger partial charge in [0.25, 0.3) is 0 Å². The summed E-state index contributed by atoms with van der Waals surface area (Å²) in [6.07, 6.45) is 5.15. The van der Waals surface area contributed by atoms with Gasteiger partial charge in [0.05, 0.1) is 11.3 Å². The van der Waals surface area contributed by atoms with Crippen molar-refractivity contribution in [3.63, 3.8) is 0 Å². The molecule has 0 saturated carbocycles. The molecule has 0 amide bonds. The number of hydrogen-bond donors (Lipinski definition) is 0. The molecule has 0 aromatic carbocycles. The number of thioether (sulfide) groups is 1. The molecule has 0 aliphatic heterocycles. The van der Waals surface area contributed by atoms with Crippen LogP contribution in [0.4, 0.5) is 0 Å². The van der Waals surface area contributed by atoms with E-state index >= 15 is 0 Å². The van der Waals surface area contributed by atoms with Gasteiger partial charge in [-0.25, -0.2) is 9.97 Å². The average molecular weight is 289 g/mol. The van der Waals surface area contributed by atoms with E-state index < -0.39 is 0 Å². The summed E-state index contributed by atoms with van der Waals surface area (Å²) in [6.45, 7) is 4.23. The van der Waals surface area contributed by atoms with Gasteiger partial charge < -0.3 is 0 Å². The fourth-order valence-corrected chi connectivity index (χ4v) is 4.78. The van der Waals surface area contributed by atoms with E-state index in [2.05, 4.69) is 23.0 Å². The van der Waals surface area contributed by atoms with Crippen molar-refractivity contribution in [3.8, 4) is 6.07 Å². The molecule has 1 aliphatic rings. The van der Waals surface area contributed by atoms with E-state index in [4.69, 9.17) is 5.26 Å². The smallest absolute Gasteiger partial charge is 0.128 e. The highest BCUT2D eigenvalue weighted by Crippen LogP contribution is 2.41. The Kier molecular flexibility index (Phi) is 3.46. The Morgan fingerprint density at radius 3 is 3.16 bits per heavy atom. The number of thiophene rings is 1. The van der Waals surface area contributed by atoms with Gasteiger partial charge in [-0.05, 0) is 37.7 Å². The van der Waals surface area contributed by atoms with Crippen LogP contribution in [0.15, 0.2) is 11.4 Å². The van der Waals surface area contributed by atoms with Crippen LogP contribution in [0.3, 0.4) is 0 Å². The minimum absolute atomic E-state index is 0.0730. The minimum atomic E-state index is -0.0730. The van der Waals surface area contributed by atoms with Gasteiger partial charge in [0.2, 0.25) is 0 Å². The molecule has 3 nitrogen and oxygen atoms in total. The largest absolute Gasteiger partial charge is 0.229 e. The lowest BCUT2D eigenvalue weighted by Gasteiger charge is -2.18. The van der Waals surface area contributed by atoms with Crippen LogP contribution in [0.2, 0.25) is 0 Å². The number of nitrogens with zero attached hydrogens (tertiary/aromatic N) is 3. The Hall–Kier alpha value is -1.12. The van der Waals surface area contributed by atoms with Crippen LogP contribution in [0.5, 0.6) is 0 Å². The van der Waals surface area contributed by atoms with Crippen LogP contribution < -0.4 is 0 Å². The normalized spacial score (nSPS) is 19.9. The molecular weight excluding hydrogens is 274 g/mol. The van der Waals surface area contributed by atoms with E-state index in [9.17, 15) is 0 Å². The Morgan fingerprint density at radius 1 is 1.53 bits per heavy atom. The van der Waals surface area contributed by atoms with Crippen LogP contribution in [-0.4, -0.2) is 15.2 Å². The Morgan fingerprint density at radius 2 is 2.37 bits per heavy atom. The lowest BCUT2D eigenvalue weighted by Crippen LogP contribution is -2.08. The van der Waals surface area contributed by atoms with Crippen LogP contribution in [0, 0.1) is 17.2 Å². The van der Waals surface area contributed by atoms with Crippen molar-refractivity contribution < 1.29 is 0 Å². The van der Waals surface area contributed by atoms with Gasteiger partial charge >= 0.3 is 0 Å². The van der Waals surface area contributed by atoms with Gasteiger partial charge in [-0.15, -0.1) is 11.3 Å². The summed E-state index contributed by atoms with van der Waals surface area (Å²) in [5.74, 6) is 0.766. The number of hydrogen-bond acceptors (Lipinski definition) is 5. The van der Waals surface area contributed by atoms with E-state index in [0.717, 1.165) is 28.6 Å². The highest BCUT2D eigenvalue weighted by Gasteiger charge is 2.23. The molecule has 0 spiro atoms. The first-order valence-corrected chi connectivity index (χ1v) is 8.20. The van der Waals surface area contributed by atoms with Crippen molar-refractivity contribution in [1.82, 2.24) is 9.97 Å². The third kappa shape index (κ3) is 2.35. The van der Waals surface area contributed by atoms with Crippen molar-refractivity contribution in [2.24, 2.45) is 5.92 Å². The summed E-state index contributed by atoms with van der Waals surface area (Å²) in [6, 6.07) is 2.26. The lowest BCUT2D eigenvalue weighted by atomic mass is 9.89. The molecule has 0 bridgehead atoms. The molecule has 19 heavy (non-hydrogen) atoms. The quantitative estimate of drug-likeness (QED) is 0.623. The van der Waals surface area contributed by atoms with Crippen molar-refractivity contribution in [1.29, 1.82) is 5.26 Å². The Bertz CT molecular complexity index is 656. The van der Waals surface area contributed by atoms with Crippen LogP contribution in [0.1, 0.15) is 30.7 Å². The summed E-state index contributed by atoms with van der Waals surface area (Å²) < 4.78 is 0. The van der Waals surface area contributed by atoms with E-state index in [-0.39, 0.29) is 5.25 Å². The second kappa shape index (κ2) is 5.10. The first-order chi connectivity index (χ1) is 9.19. The molecular formula is C14H15N3S2. The molecule has 2 heterocycles. The van der Waals surface area contributed by atoms with Gasteiger partial charge in [0, 0.05) is 10.3 Å². The number of aryl methyl sites for hydroxylation is 1. The third-order valence-electron chi connectivity index (χ3n) is 3.53. The first kappa shape index (κ1) is 12.9. The number of fused-ring (bicyclic) bond motifs is 3. The molecule has 0 radical (unpaired) electrons.